The summed E-state index contributed by atoms with van der Waals surface area (Å²) >= 11 is 0. The summed E-state index contributed by atoms with van der Waals surface area (Å²) in [7, 11) is 0. The first-order chi connectivity index (χ1) is 13.1. The van der Waals surface area contributed by atoms with Crippen LogP contribution in [0.4, 0.5) is 11.6 Å². The summed E-state index contributed by atoms with van der Waals surface area (Å²) in [6, 6.07) is 18.8. The van der Waals surface area contributed by atoms with E-state index in [1.165, 1.54) is 0 Å². The molecule has 138 valence electrons. The van der Waals surface area contributed by atoms with E-state index < -0.39 is 0 Å². The van der Waals surface area contributed by atoms with Crippen molar-refractivity contribution < 1.29 is 9.53 Å². The van der Waals surface area contributed by atoms with E-state index in [4.69, 9.17) is 4.74 Å². The van der Waals surface area contributed by atoms with Crippen LogP contribution in [0.25, 0.3) is 0 Å². The van der Waals surface area contributed by atoms with Crippen LogP contribution >= 0.6 is 0 Å². The number of benzene rings is 2. The molecule has 1 heterocycles. The third kappa shape index (κ3) is 5.54. The molecule has 6 nitrogen and oxygen atoms in total. The Hall–Kier alpha value is -3.41. The summed E-state index contributed by atoms with van der Waals surface area (Å²) in [5, 5.41) is 5.95. The van der Waals surface area contributed by atoms with E-state index in [0.29, 0.717) is 18.2 Å². The summed E-state index contributed by atoms with van der Waals surface area (Å²) in [4.78, 5) is 20.8. The van der Waals surface area contributed by atoms with E-state index in [1.54, 1.807) is 12.3 Å². The van der Waals surface area contributed by atoms with Gasteiger partial charge in [0.1, 0.15) is 11.4 Å². The van der Waals surface area contributed by atoms with Gasteiger partial charge in [0.2, 0.25) is 5.95 Å². The number of hydrogen-bond acceptors (Lipinski definition) is 5. The highest BCUT2D eigenvalue weighted by atomic mass is 16.5. The molecule has 0 bridgehead atoms. The van der Waals surface area contributed by atoms with Crippen molar-refractivity contribution in [2.45, 2.75) is 26.5 Å². The maximum absolute atomic E-state index is 12.3. The van der Waals surface area contributed by atoms with Gasteiger partial charge in [0.05, 0.1) is 6.10 Å². The van der Waals surface area contributed by atoms with Crippen molar-refractivity contribution in [3.8, 4) is 5.75 Å². The fourth-order valence-corrected chi connectivity index (χ4v) is 2.43. The summed E-state index contributed by atoms with van der Waals surface area (Å²) < 4.78 is 5.62. The highest BCUT2D eigenvalue weighted by molar-refractivity contribution is 5.92. The number of amides is 1. The largest absolute Gasteiger partial charge is 0.491 e. The first-order valence-electron chi connectivity index (χ1n) is 8.79. The highest BCUT2D eigenvalue weighted by Gasteiger charge is 2.09. The van der Waals surface area contributed by atoms with Gasteiger partial charge in [-0.05, 0) is 49.7 Å². The Morgan fingerprint density at radius 1 is 1.04 bits per heavy atom. The molecule has 3 aromatic rings. The number of anilines is 2. The van der Waals surface area contributed by atoms with Crippen LogP contribution in [-0.4, -0.2) is 22.0 Å². The second-order valence-electron chi connectivity index (χ2n) is 6.25. The second kappa shape index (κ2) is 8.80. The molecule has 0 saturated carbocycles. The van der Waals surface area contributed by atoms with Gasteiger partial charge < -0.3 is 15.4 Å². The lowest BCUT2D eigenvalue weighted by atomic mass is 10.2. The molecule has 0 unspecified atom stereocenters. The summed E-state index contributed by atoms with van der Waals surface area (Å²) in [5.74, 6) is 0.912. The summed E-state index contributed by atoms with van der Waals surface area (Å²) in [5.41, 5.74) is 2.15. The second-order valence-corrected chi connectivity index (χ2v) is 6.25. The topological polar surface area (TPSA) is 76.1 Å². The zero-order chi connectivity index (χ0) is 19.1. The molecule has 0 radical (unpaired) electrons. The summed E-state index contributed by atoms with van der Waals surface area (Å²) in [6.45, 7) is 4.41. The number of hydrogen-bond donors (Lipinski definition) is 2. The zero-order valence-electron chi connectivity index (χ0n) is 15.3. The van der Waals surface area contributed by atoms with E-state index in [-0.39, 0.29) is 12.0 Å². The Morgan fingerprint density at radius 3 is 2.48 bits per heavy atom. The van der Waals surface area contributed by atoms with Crippen LogP contribution < -0.4 is 15.4 Å². The van der Waals surface area contributed by atoms with Crippen LogP contribution in [0.1, 0.15) is 29.9 Å². The molecule has 0 spiro atoms. The van der Waals surface area contributed by atoms with Gasteiger partial charge >= 0.3 is 0 Å². The first kappa shape index (κ1) is 18.4. The Labute approximate surface area is 158 Å². The van der Waals surface area contributed by atoms with E-state index in [9.17, 15) is 4.79 Å². The van der Waals surface area contributed by atoms with Crippen LogP contribution in [-0.2, 0) is 6.54 Å². The van der Waals surface area contributed by atoms with Crippen molar-refractivity contribution in [3.63, 3.8) is 0 Å². The Balaban J connectivity index is 1.62. The maximum atomic E-state index is 12.3. The van der Waals surface area contributed by atoms with Gasteiger partial charge in [-0.1, -0.05) is 30.3 Å². The van der Waals surface area contributed by atoms with E-state index >= 15 is 0 Å². The molecule has 6 heteroatoms. The van der Waals surface area contributed by atoms with Crippen molar-refractivity contribution in [1.82, 2.24) is 15.3 Å². The number of carbonyl (C=O) groups excluding carboxylic acids is 1. The normalized spacial score (nSPS) is 10.5. The fourth-order valence-electron chi connectivity index (χ4n) is 2.43. The highest BCUT2D eigenvalue weighted by Crippen LogP contribution is 2.19. The number of nitrogens with zero attached hydrogens (tertiary/aromatic N) is 2. The minimum atomic E-state index is -0.245. The van der Waals surface area contributed by atoms with Crippen LogP contribution in [0.3, 0.4) is 0 Å². The number of carbonyl (C=O) groups is 1. The van der Waals surface area contributed by atoms with Gasteiger partial charge in [0, 0.05) is 18.4 Å². The van der Waals surface area contributed by atoms with Crippen molar-refractivity contribution in [2.75, 3.05) is 5.32 Å². The van der Waals surface area contributed by atoms with Crippen molar-refractivity contribution in [3.05, 3.63) is 78.1 Å². The van der Waals surface area contributed by atoms with Gasteiger partial charge in [-0.25, -0.2) is 9.97 Å². The molecular weight excluding hydrogens is 340 g/mol. The van der Waals surface area contributed by atoms with E-state index in [0.717, 1.165) is 17.0 Å². The van der Waals surface area contributed by atoms with Gasteiger partial charge in [-0.2, -0.15) is 0 Å². The molecule has 1 aromatic heterocycles. The molecule has 0 fully saturated rings. The van der Waals surface area contributed by atoms with Gasteiger partial charge in [-0.15, -0.1) is 0 Å². The molecule has 0 saturated heterocycles. The number of ether oxygens (including phenoxy) is 1. The fraction of sp³-hybridized carbons (Fsp3) is 0.190. The lowest BCUT2D eigenvalue weighted by Gasteiger charge is -2.11. The van der Waals surface area contributed by atoms with Crippen molar-refractivity contribution in [1.29, 1.82) is 0 Å². The van der Waals surface area contributed by atoms with Crippen molar-refractivity contribution in [2.24, 2.45) is 0 Å². The number of aromatic nitrogens is 2. The standard InChI is InChI=1S/C21H22N4O2/c1-15(2)27-18-10-8-17(9-11-18)24-21-22-13-12-19(25-21)20(26)23-14-16-6-4-3-5-7-16/h3-13,15H,14H2,1-2H3,(H,23,26)(H,22,24,25). The van der Waals surface area contributed by atoms with E-state index in [1.807, 2.05) is 68.4 Å². The molecule has 2 N–H and O–H groups in total. The monoisotopic (exact) mass is 362 g/mol. The van der Waals surface area contributed by atoms with Crippen LogP contribution in [0.15, 0.2) is 66.9 Å². The minimum absolute atomic E-state index is 0.123. The Kier molecular flexibility index (Phi) is 5.99. The zero-order valence-corrected chi connectivity index (χ0v) is 15.3. The average molecular weight is 362 g/mol. The molecule has 27 heavy (non-hydrogen) atoms. The predicted molar refractivity (Wildman–Crippen MR) is 105 cm³/mol. The third-order valence-corrected chi connectivity index (χ3v) is 3.67. The molecular formula is C21H22N4O2. The third-order valence-electron chi connectivity index (χ3n) is 3.67. The van der Waals surface area contributed by atoms with E-state index in [2.05, 4.69) is 20.6 Å². The molecule has 0 aliphatic heterocycles. The average Bonchev–Trinajstić information content (AvgIpc) is 2.68. The predicted octanol–water partition coefficient (Wildman–Crippen LogP) is 3.94. The van der Waals surface area contributed by atoms with Gasteiger partial charge in [-0.3, -0.25) is 4.79 Å². The molecule has 0 atom stereocenters. The van der Waals surface area contributed by atoms with Gasteiger partial charge in [0.25, 0.3) is 5.91 Å². The number of rotatable bonds is 7. The van der Waals surface area contributed by atoms with Crippen molar-refractivity contribution >= 4 is 17.5 Å². The molecule has 1 amide bonds. The SMILES string of the molecule is CC(C)Oc1ccc(Nc2nccc(C(=O)NCc3ccccc3)n2)cc1. The first-order valence-corrected chi connectivity index (χ1v) is 8.79. The molecule has 0 aliphatic rings. The van der Waals surface area contributed by atoms with Gasteiger partial charge in [0.15, 0.2) is 0 Å². The molecule has 3 rings (SSSR count). The maximum Gasteiger partial charge on any atom is 0.270 e. The van der Waals surface area contributed by atoms with Crippen LogP contribution in [0.5, 0.6) is 5.75 Å². The number of nitrogens with one attached hydrogen (secondary N) is 2. The molecule has 2 aromatic carbocycles. The Morgan fingerprint density at radius 2 is 1.78 bits per heavy atom. The van der Waals surface area contributed by atoms with Crippen LogP contribution in [0, 0.1) is 0 Å². The lowest BCUT2D eigenvalue weighted by Crippen LogP contribution is -2.24. The summed E-state index contributed by atoms with van der Waals surface area (Å²) in [6.07, 6.45) is 1.68. The quantitative estimate of drug-likeness (QED) is 0.666. The minimum Gasteiger partial charge on any atom is -0.491 e. The molecule has 0 aliphatic carbocycles. The van der Waals surface area contributed by atoms with Crippen LogP contribution in [0.2, 0.25) is 0 Å². The smallest absolute Gasteiger partial charge is 0.270 e. The lowest BCUT2D eigenvalue weighted by molar-refractivity contribution is 0.0946. The Bertz CT molecular complexity index is 880.